The van der Waals surface area contributed by atoms with Crippen molar-refractivity contribution in [3.63, 3.8) is 0 Å². The second kappa shape index (κ2) is 5.35. The van der Waals surface area contributed by atoms with Crippen LogP contribution in [-0.2, 0) is 13.0 Å². The summed E-state index contributed by atoms with van der Waals surface area (Å²) < 4.78 is 2.29. The fourth-order valence-corrected chi connectivity index (χ4v) is 1.75. The lowest BCUT2D eigenvalue weighted by atomic mass is 10.2. The van der Waals surface area contributed by atoms with Crippen molar-refractivity contribution in [3.05, 3.63) is 24.0 Å². The number of nitrogens with two attached hydrogens (primary N) is 1. The van der Waals surface area contributed by atoms with Gasteiger partial charge in [-0.1, -0.05) is 0 Å². The molecule has 1 aromatic heterocycles. The molecule has 1 unspecified atom stereocenters. The van der Waals surface area contributed by atoms with Crippen molar-refractivity contribution in [1.82, 2.24) is 4.57 Å². The van der Waals surface area contributed by atoms with E-state index in [4.69, 9.17) is 5.73 Å². The van der Waals surface area contributed by atoms with Gasteiger partial charge >= 0.3 is 0 Å². The Balaban J connectivity index is 2.55. The van der Waals surface area contributed by atoms with E-state index in [1.807, 2.05) is 18.7 Å². The van der Waals surface area contributed by atoms with Crippen molar-refractivity contribution >= 4 is 11.8 Å². The molecule has 0 radical (unpaired) electrons. The first-order chi connectivity index (χ1) is 6.24. The second-order valence-corrected chi connectivity index (χ2v) is 4.35. The number of aromatic nitrogens is 1. The summed E-state index contributed by atoms with van der Waals surface area (Å²) in [7, 11) is 0. The number of aryl methyl sites for hydroxylation is 1. The summed E-state index contributed by atoms with van der Waals surface area (Å²) in [6, 6.07) is 4.50. The molecular formula is C10H18N2S. The molecule has 74 valence electrons. The zero-order chi connectivity index (χ0) is 9.68. The van der Waals surface area contributed by atoms with E-state index < -0.39 is 0 Å². The summed E-state index contributed by atoms with van der Waals surface area (Å²) >= 11 is 1.88. The molecule has 0 aliphatic carbocycles. The Morgan fingerprint density at radius 1 is 1.62 bits per heavy atom. The van der Waals surface area contributed by atoms with Crippen molar-refractivity contribution in [2.45, 2.75) is 25.9 Å². The van der Waals surface area contributed by atoms with Gasteiger partial charge in [0.15, 0.2) is 0 Å². The Morgan fingerprint density at radius 3 is 3.00 bits per heavy atom. The lowest BCUT2D eigenvalue weighted by Gasteiger charge is -2.10. The van der Waals surface area contributed by atoms with Crippen molar-refractivity contribution < 1.29 is 0 Å². The predicted molar refractivity (Wildman–Crippen MR) is 60.2 cm³/mol. The Kier molecular flexibility index (Phi) is 4.39. The van der Waals surface area contributed by atoms with Crippen LogP contribution in [0.4, 0.5) is 0 Å². The highest BCUT2D eigenvalue weighted by Gasteiger charge is 2.02. The van der Waals surface area contributed by atoms with E-state index in [2.05, 4.69) is 29.2 Å². The quantitative estimate of drug-likeness (QED) is 0.781. The molecule has 1 atom stereocenters. The maximum atomic E-state index is 5.76. The van der Waals surface area contributed by atoms with Gasteiger partial charge in [0.05, 0.1) is 0 Å². The summed E-state index contributed by atoms with van der Waals surface area (Å²) in [6.07, 6.45) is 5.24. The van der Waals surface area contributed by atoms with E-state index in [0.717, 1.165) is 13.0 Å². The van der Waals surface area contributed by atoms with E-state index >= 15 is 0 Å². The average Bonchev–Trinajstić information content (AvgIpc) is 2.48. The molecule has 13 heavy (non-hydrogen) atoms. The molecule has 1 aromatic rings. The molecule has 0 spiro atoms. The molecule has 0 fully saturated rings. The Labute approximate surface area is 84.5 Å². The van der Waals surface area contributed by atoms with Crippen LogP contribution < -0.4 is 5.73 Å². The molecule has 1 heterocycles. The van der Waals surface area contributed by atoms with Gasteiger partial charge in [-0.25, -0.2) is 0 Å². The van der Waals surface area contributed by atoms with Crippen LogP contribution in [0.25, 0.3) is 0 Å². The third kappa shape index (κ3) is 3.44. The number of hydrogen-bond donors (Lipinski definition) is 1. The lowest BCUT2D eigenvalue weighted by molar-refractivity contribution is 0.657. The Morgan fingerprint density at radius 2 is 2.38 bits per heavy atom. The largest absolute Gasteiger partial charge is 0.351 e. The normalized spacial score (nSPS) is 13.2. The van der Waals surface area contributed by atoms with Crippen LogP contribution in [0.3, 0.4) is 0 Å². The lowest BCUT2D eigenvalue weighted by Crippen LogP contribution is -2.20. The zero-order valence-electron chi connectivity index (χ0n) is 8.36. The number of nitrogens with zero attached hydrogens (tertiary/aromatic N) is 1. The molecule has 2 N–H and O–H groups in total. The topological polar surface area (TPSA) is 30.9 Å². The first-order valence-corrected chi connectivity index (χ1v) is 6.02. The highest BCUT2D eigenvalue weighted by atomic mass is 32.2. The van der Waals surface area contributed by atoms with Gasteiger partial charge in [0, 0.05) is 36.7 Å². The Hall–Kier alpha value is -0.410. The van der Waals surface area contributed by atoms with Gasteiger partial charge in [0.1, 0.15) is 0 Å². The highest BCUT2D eigenvalue weighted by Crippen LogP contribution is 2.06. The van der Waals surface area contributed by atoms with Crippen LogP contribution in [0.2, 0.25) is 0 Å². The molecule has 0 aromatic carbocycles. The summed E-state index contributed by atoms with van der Waals surface area (Å²) in [5.74, 6) is 1.17. The number of hydrogen-bond acceptors (Lipinski definition) is 2. The van der Waals surface area contributed by atoms with Crippen LogP contribution in [-0.4, -0.2) is 22.6 Å². The average molecular weight is 198 g/mol. The molecule has 0 aliphatic heterocycles. The van der Waals surface area contributed by atoms with Gasteiger partial charge in [-0.2, -0.15) is 11.8 Å². The van der Waals surface area contributed by atoms with E-state index in [0.29, 0.717) is 0 Å². The van der Waals surface area contributed by atoms with Crippen LogP contribution in [0.1, 0.15) is 12.6 Å². The van der Waals surface area contributed by atoms with Crippen molar-refractivity contribution in [3.8, 4) is 0 Å². The molecule has 0 aliphatic rings. The maximum Gasteiger partial charge on any atom is 0.0313 e. The fourth-order valence-electron chi connectivity index (χ4n) is 1.37. The molecular weight excluding hydrogens is 180 g/mol. The predicted octanol–water partition coefficient (Wildman–Crippen LogP) is 1.74. The molecule has 3 heteroatoms. The minimum atomic E-state index is 0.253. The third-order valence-corrected chi connectivity index (χ3v) is 2.58. The molecule has 0 bridgehead atoms. The van der Waals surface area contributed by atoms with E-state index in [-0.39, 0.29) is 6.04 Å². The van der Waals surface area contributed by atoms with E-state index in [1.54, 1.807) is 0 Å². The molecule has 1 rings (SSSR count). The van der Waals surface area contributed by atoms with Gasteiger partial charge in [-0.15, -0.1) is 0 Å². The fraction of sp³-hybridized carbons (Fsp3) is 0.600. The van der Waals surface area contributed by atoms with E-state index in [1.165, 1.54) is 11.4 Å². The standard InChI is InChI=1S/C10H18N2S/c1-9(11)8-10-4-3-5-12(10)6-7-13-2/h3-5,9H,6-8,11H2,1-2H3. The van der Waals surface area contributed by atoms with Crippen molar-refractivity contribution in [1.29, 1.82) is 0 Å². The van der Waals surface area contributed by atoms with Crippen LogP contribution in [0, 0.1) is 0 Å². The first-order valence-electron chi connectivity index (χ1n) is 4.62. The number of thioether (sulfide) groups is 1. The summed E-state index contributed by atoms with van der Waals surface area (Å²) in [6.45, 7) is 3.14. The SMILES string of the molecule is CSCCn1cccc1CC(C)N. The first kappa shape index (κ1) is 10.7. The number of rotatable bonds is 5. The highest BCUT2D eigenvalue weighted by molar-refractivity contribution is 7.98. The molecule has 0 amide bonds. The maximum absolute atomic E-state index is 5.76. The molecule has 0 saturated heterocycles. The summed E-state index contributed by atoms with van der Waals surface area (Å²) in [4.78, 5) is 0. The van der Waals surface area contributed by atoms with Crippen LogP contribution in [0.15, 0.2) is 18.3 Å². The smallest absolute Gasteiger partial charge is 0.0313 e. The van der Waals surface area contributed by atoms with E-state index in [9.17, 15) is 0 Å². The van der Waals surface area contributed by atoms with Gasteiger partial charge in [-0.3, -0.25) is 0 Å². The van der Waals surface area contributed by atoms with Crippen molar-refractivity contribution in [2.24, 2.45) is 5.73 Å². The third-order valence-electron chi connectivity index (χ3n) is 1.99. The van der Waals surface area contributed by atoms with Crippen LogP contribution >= 0.6 is 11.8 Å². The monoisotopic (exact) mass is 198 g/mol. The van der Waals surface area contributed by atoms with Gasteiger partial charge < -0.3 is 10.3 Å². The van der Waals surface area contributed by atoms with Crippen LogP contribution in [0.5, 0.6) is 0 Å². The Bertz CT molecular complexity index is 243. The molecule has 0 saturated carbocycles. The van der Waals surface area contributed by atoms with Crippen molar-refractivity contribution in [2.75, 3.05) is 12.0 Å². The second-order valence-electron chi connectivity index (χ2n) is 3.37. The zero-order valence-corrected chi connectivity index (χ0v) is 9.18. The summed E-state index contributed by atoms with van der Waals surface area (Å²) in [5.41, 5.74) is 7.11. The van der Waals surface area contributed by atoms with Gasteiger partial charge in [-0.05, 0) is 25.3 Å². The molecule has 2 nitrogen and oxygen atoms in total. The minimum absolute atomic E-state index is 0.253. The minimum Gasteiger partial charge on any atom is -0.351 e. The van der Waals surface area contributed by atoms with Gasteiger partial charge in [0.2, 0.25) is 0 Å². The van der Waals surface area contributed by atoms with Gasteiger partial charge in [0.25, 0.3) is 0 Å². The summed E-state index contributed by atoms with van der Waals surface area (Å²) in [5, 5.41) is 0.